The Balaban J connectivity index is 0. The first-order chi connectivity index (χ1) is 4.47. The Labute approximate surface area is 105 Å². The van der Waals surface area contributed by atoms with E-state index in [0.29, 0.717) is 0 Å². The molecule has 0 nitrogen and oxygen atoms in total. The number of aryl methyl sites for hydroxylation is 2. The molecular formula is C9H13Cl2Zr-. The molecule has 3 heteroatoms. The third kappa shape index (κ3) is 3.28. The summed E-state index contributed by atoms with van der Waals surface area (Å²) in [6.45, 7) is 0. The van der Waals surface area contributed by atoms with Gasteiger partial charge in [0, 0.05) is 26.2 Å². The molecule has 0 amide bonds. The van der Waals surface area contributed by atoms with Crippen LogP contribution in [-0.4, -0.2) is 0 Å². The maximum Gasteiger partial charge on any atom is 0 e. The topological polar surface area (TPSA) is 0 Å². The fraction of sp³-hybridized carbons (Fsp3) is 0.444. The Morgan fingerprint density at radius 3 is 2.42 bits per heavy atom. The summed E-state index contributed by atoms with van der Waals surface area (Å²) in [4.78, 5) is 0. The second-order valence-corrected chi connectivity index (χ2v) is 2.78. The second kappa shape index (κ2) is 7.24. The average molecular weight is 283 g/mol. The molecule has 1 aromatic carbocycles. The van der Waals surface area contributed by atoms with E-state index in [-0.39, 0.29) is 51.0 Å². The predicted octanol–water partition coefficient (Wildman–Crippen LogP) is 3.13. The first-order valence-corrected chi connectivity index (χ1v) is 3.70. The molecule has 0 aliphatic heterocycles. The van der Waals surface area contributed by atoms with Crippen LogP contribution in [-0.2, 0) is 39.0 Å². The predicted molar refractivity (Wildman–Crippen MR) is 53.2 cm³/mol. The van der Waals surface area contributed by atoms with Crippen molar-refractivity contribution in [3.8, 4) is 0 Å². The zero-order chi connectivity index (χ0) is 6.10. The van der Waals surface area contributed by atoms with Gasteiger partial charge in [-0.15, -0.1) is 24.8 Å². The zero-order valence-electron chi connectivity index (χ0n) is 6.88. The van der Waals surface area contributed by atoms with Gasteiger partial charge >= 0.3 is 0 Å². The van der Waals surface area contributed by atoms with Gasteiger partial charge in [-0.25, -0.2) is 6.07 Å². The van der Waals surface area contributed by atoms with Crippen molar-refractivity contribution in [1.29, 1.82) is 0 Å². The molecular weight excluding hydrogens is 270 g/mol. The molecule has 0 heterocycles. The van der Waals surface area contributed by atoms with Crippen molar-refractivity contribution >= 4 is 24.8 Å². The third-order valence-electron chi connectivity index (χ3n) is 2.15. The summed E-state index contributed by atoms with van der Waals surface area (Å²) in [5.41, 5.74) is 3.20. The maximum atomic E-state index is 2.26. The summed E-state index contributed by atoms with van der Waals surface area (Å²) in [5.74, 6) is 0. The molecule has 1 aromatic rings. The molecule has 0 bridgehead atoms. The minimum absolute atomic E-state index is 0. The summed E-state index contributed by atoms with van der Waals surface area (Å²) in [6, 6.07) is 6.69. The second-order valence-electron chi connectivity index (χ2n) is 2.78. The number of halogens is 2. The smallest absolute Gasteiger partial charge is 0 e. The summed E-state index contributed by atoms with van der Waals surface area (Å²) in [6.07, 6.45) is 5.44. The summed E-state index contributed by atoms with van der Waals surface area (Å²) < 4.78 is 0. The van der Waals surface area contributed by atoms with Gasteiger partial charge in [-0.05, 0) is 0 Å². The molecule has 12 heavy (non-hydrogen) atoms. The first kappa shape index (κ1) is 15.3. The molecule has 0 N–H and O–H groups in total. The van der Waals surface area contributed by atoms with Gasteiger partial charge in [-0.3, -0.25) is 0 Å². The van der Waals surface area contributed by atoms with E-state index in [9.17, 15) is 0 Å². The quantitative estimate of drug-likeness (QED) is 0.642. The van der Waals surface area contributed by atoms with Crippen LogP contribution in [0.1, 0.15) is 24.0 Å². The van der Waals surface area contributed by atoms with Crippen molar-refractivity contribution in [2.75, 3.05) is 0 Å². The molecule has 0 aromatic heterocycles. The molecule has 1 aliphatic carbocycles. The van der Waals surface area contributed by atoms with Gasteiger partial charge in [0.1, 0.15) is 0 Å². The van der Waals surface area contributed by atoms with E-state index in [4.69, 9.17) is 0 Å². The standard InChI is InChI=1S/C9H11.2ClH.Zr/c1-2-5-9-7-3-6-8(9)4-1;;;/h3,6-7H,1-2,4-5H2;2*1H;/q-1;;;. The molecule has 0 atom stereocenters. The Kier molecular flexibility index (Phi) is 9.23. The van der Waals surface area contributed by atoms with E-state index in [1.54, 1.807) is 11.1 Å². The Bertz CT molecular complexity index is 188. The number of fused-ring (bicyclic) bond motifs is 1. The fourth-order valence-corrected chi connectivity index (χ4v) is 1.61. The van der Waals surface area contributed by atoms with Crippen LogP contribution in [0, 0.1) is 0 Å². The van der Waals surface area contributed by atoms with Gasteiger partial charge in [0.15, 0.2) is 0 Å². The van der Waals surface area contributed by atoms with Gasteiger partial charge in [-0.2, -0.15) is 23.3 Å². The average Bonchev–Trinajstić information content (AvgIpc) is 2.33. The van der Waals surface area contributed by atoms with E-state index in [2.05, 4.69) is 18.2 Å². The van der Waals surface area contributed by atoms with Gasteiger partial charge in [0.25, 0.3) is 0 Å². The third-order valence-corrected chi connectivity index (χ3v) is 2.15. The first-order valence-electron chi connectivity index (χ1n) is 3.70. The van der Waals surface area contributed by atoms with E-state index < -0.39 is 0 Å². The number of hydrogen-bond donors (Lipinski definition) is 0. The van der Waals surface area contributed by atoms with Crippen molar-refractivity contribution in [3.63, 3.8) is 0 Å². The van der Waals surface area contributed by atoms with Crippen molar-refractivity contribution < 1.29 is 26.2 Å². The van der Waals surface area contributed by atoms with Crippen molar-refractivity contribution in [2.45, 2.75) is 25.7 Å². The summed E-state index contributed by atoms with van der Waals surface area (Å²) >= 11 is 0. The molecule has 0 spiro atoms. The summed E-state index contributed by atoms with van der Waals surface area (Å²) in [5, 5.41) is 0. The molecule has 0 fully saturated rings. The Morgan fingerprint density at radius 2 is 1.75 bits per heavy atom. The molecule has 68 valence electrons. The minimum Gasteiger partial charge on any atom is -0.210 e. The zero-order valence-corrected chi connectivity index (χ0v) is 11.0. The number of rotatable bonds is 0. The van der Waals surface area contributed by atoms with E-state index in [0.717, 1.165) is 0 Å². The molecule has 2 rings (SSSR count). The minimum atomic E-state index is 0. The van der Waals surface area contributed by atoms with Crippen molar-refractivity contribution in [3.05, 3.63) is 29.3 Å². The summed E-state index contributed by atoms with van der Waals surface area (Å²) in [7, 11) is 0. The Morgan fingerprint density at radius 1 is 1.08 bits per heavy atom. The van der Waals surface area contributed by atoms with Crippen LogP contribution in [0.2, 0.25) is 0 Å². The van der Waals surface area contributed by atoms with Gasteiger partial charge in [-0.1, -0.05) is 25.7 Å². The molecule has 0 unspecified atom stereocenters. The molecule has 0 radical (unpaired) electrons. The van der Waals surface area contributed by atoms with Gasteiger partial charge < -0.3 is 0 Å². The van der Waals surface area contributed by atoms with E-state index in [1.807, 2.05) is 0 Å². The van der Waals surface area contributed by atoms with Crippen molar-refractivity contribution in [1.82, 2.24) is 0 Å². The number of hydrogen-bond acceptors (Lipinski definition) is 0. The van der Waals surface area contributed by atoms with Crippen LogP contribution in [0.25, 0.3) is 0 Å². The maximum absolute atomic E-state index is 2.26. The van der Waals surface area contributed by atoms with Crippen LogP contribution >= 0.6 is 24.8 Å². The molecule has 0 saturated carbocycles. The normalized spacial score (nSPS) is 13.0. The Hall–Kier alpha value is 0.813. The fourth-order valence-electron chi connectivity index (χ4n) is 1.61. The van der Waals surface area contributed by atoms with Crippen LogP contribution in [0.4, 0.5) is 0 Å². The van der Waals surface area contributed by atoms with Gasteiger partial charge in [0.05, 0.1) is 0 Å². The SMILES string of the molecule is Cl.Cl.[Zr].c1cc2c([cH-]1)CCCC2. The van der Waals surface area contributed by atoms with Crippen LogP contribution in [0.15, 0.2) is 18.2 Å². The molecule has 1 aliphatic rings. The van der Waals surface area contributed by atoms with Gasteiger partial charge in [0.2, 0.25) is 0 Å². The van der Waals surface area contributed by atoms with E-state index in [1.165, 1.54) is 25.7 Å². The van der Waals surface area contributed by atoms with Crippen LogP contribution < -0.4 is 0 Å². The van der Waals surface area contributed by atoms with Crippen LogP contribution in [0.3, 0.4) is 0 Å². The molecule has 0 saturated heterocycles. The largest absolute Gasteiger partial charge is 0.210 e. The van der Waals surface area contributed by atoms with E-state index >= 15 is 0 Å². The van der Waals surface area contributed by atoms with Crippen molar-refractivity contribution in [2.24, 2.45) is 0 Å². The monoisotopic (exact) mass is 281 g/mol. The van der Waals surface area contributed by atoms with Crippen LogP contribution in [0.5, 0.6) is 0 Å².